The first-order valence-corrected chi connectivity index (χ1v) is 5.50. The van der Waals surface area contributed by atoms with Crippen LogP contribution in [0, 0.1) is 22.5 Å². The van der Waals surface area contributed by atoms with E-state index < -0.39 is 22.0 Å². The molecule has 0 amide bonds. The lowest BCUT2D eigenvalue weighted by Gasteiger charge is -2.26. The zero-order valence-corrected chi connectivity index (χ0v) is 9.56. The molecular weight excluding hydrogens is 239 g/mol. The molecule has 0 unspecified atom stereocenters. The molecule has 0 atom stereocenters. The Morgan fingerprint density at radius 1 is 1.44 bits per heavy atom. The molecule has 0 aliphatic carbocycles. The Bertz CT molecular complexity index is 519. The van der Waals surface area contributed by atoms with E-state index in [1.165, 1.54) is 12.1 Å². The van der Waals surface area contributed by atoms with Crippen molar-refractivity contribution in [2.24, 2.45) is 0 Å². The minimum atomic E-state index is -0.879. The minimum Gasteiger partial charge on any atom is -0.381 e. The summed E-state index contributed by atoms with van der Waals surface area (Å²) >= 11 is 0. The molecule has 1 heterocycles. The third-order valence-electron chi connectivity index (χ3n) is 3.21. The molecule has 1 aliphatic heterocycles. The maximum Gasteiger partial charge on any atom is 0.305 e. The van der Waals surface area contributed by atoms with Gasteiger partial charge >= 0.3 is 5.69 Å². The number of ether oxygens (including phenoxy) is 1. The number of nitro benzene ring substituents is 1. The molecule has 1 aromatic carbocycles. The van der Waals surface area contributed by atoms with Crippen LogP contribution in [-0.4, -0.2) is 18.1 Å². The second-order valence-electron chi connectivity index (χ2n) is 4.18. The molecule has 0 N–H and O–H groups in total. The van der Waals surface area contributed by atoms with Crippen molar-refractivity contribution in [3.8, 4) is 0 Å². The molecule has 1 aromatic rings. The van der Waals surface area contributed by atoms with Crippen molar-refractivity contribution in [3.05, 3.63) is 51.1 Å². The number of nitro groups is 1. The molecule has 18 heavy (non-hydrogen) atoms. The second-order valence-corrected chi connectivity index (χ2v) is 4.18. The molecule has 0 aromatic heterocycles. The normalized spacial score (nSPS) is 18.0. The zero-order chi connectivity index (χ0) is 13.2. The van der Waals surface area contributed by atoms with Crippen LogP contribution in [-0.2, 0) is 10.3 Å². The maximum atomic E-state index is 13.3. The Kier molecular flexibility index (Phi) is 3.26. The standard InChI is InChI=1S/C12H11FN2O3/c1-14-12(4-6-18-7-5-12)9-2-3-10(13)11(8-9)15(16)17/h2-3,8H,4-7H2. The summed E-state index contributed by atoms with van der Waals surface area (Å²) in [5.41, 5.74) is -0.910. The SMILES string of the molecule is [C-]#[N+]C1(c2ccc(F)c([N+](=O)[O-])c2)CCOCC1. The summed E-state index contributed by atoms with van der Waals surface area (Å²) < 4.78 is 18.5. The summed E-state index contributed by atoms with van der Waals surface area (Å²) in [5.74, 6) is -0.879. The Hall–Kier alpha value is -2.00. The molecule has 1 saturated heterocycles. The molecular formula is C12H11FN2O3. The lowest BCUT2D eigenvalue weighted by Crippen LogP contribution is -2.30. The van der Waals surface area contributed by atoms with Crippen molar-refractivity contribution in [1.29, 1.82) is 0 Å². The number of rotatable bonds is 2. The average Bonchev–Trinajstić information content (AvgIpc) is 2.39. The van der Waals surface area contributed by atoms with Gasteiger partial charge in [-0.3, -0.25) is 10.1 Å². The third kappa shape index (κ3) is 2.05. The molecule has 0 bridgehead atoms. The fourth-order valence-electron chi connectivity index (χ4n) is 2.12. The summed E-state index contributed by atoms with van der Waals surface area (Å²) in [7, 11) is 0. The van der Waals surface area contributed by atoms with E-state index in [9.17, 15) is 14.5 Å². The fourth-order valence-corrected chi connectivity index (χ4v) is 2.12. The van der Waals surface area contributed by atoms with Gasteiger partial charge < -0.3 is 9.58 Å². The molecule has 94 valence electrons. The Morgan fingerprint density at radius 2 is 2.11 bits per heavy atom. The molecule has 6 heteroatoms. The van der Waals surface area contributed by atoms with Crippen LogP contribution in [0.15, 0.2) is 18.2 Å². The van der Waals surface area contributed by atoms with Crippen LogP contribution >= 0.6 is 0 Å². The summed E-state index contributed by atoms with van der Waals surface area (Å²) in [6, 6.07) is 3.67. The van der Waals surface area contributed by atoms with Gasteiger partial charge in [0.15, 0.2) is 0 Å². The van der Waals surface area contributed by atoms with Crippen LogP contribution in [0.4, 0.5) is 10.1 Å². The topological polar surface area (TPSA) is 56.7 Å². The van der Waals surface area contributed by atoms with Gasteiger partial charge in [0.25, 0.3) is 5.54 Å². The van der Waals surface area contributed by atoms with Crippen LogP contribution in [0.1, 0.15) is 18.4 Å². The highest BCUT2D eigenvalue weighted by Gasteiger charge is 2.42. The van der Waals surface area contributed by atoms with Crippen LogP contribution in [0.3, 0.4) is 0 Å². The average molecular weight is 250 g/mol. The third-order valence-corrected chi connectivity index (χ3v) is 3.21. The molecule has 5 nitrogen and oxygen atoms in total. The zero-order valence-electron chi connectivity index (χ0n) is 9.56. The van der Waals surface area contributed by atoms with Crippen LogP contribution in [0.25, 0.3) is 4.85 Å². The van der Waals surface area contributed by atoms with Gasteiger partial charge in [-0.1, -0.05) is 0 Å². The molecule has 1 fully saturated rings. The molecule has 0 saturated carbocycles. The van der Waals surface area contributed by atoms with Gasteiger partial charge in [0.05, 0.1) is 31.0 Å². The van der Waals surface area contributed by atoms with Crippen molar-refractivity contribution in [2.45, 2.75) is 18.4 Å². The van der Waals surface area contributed by atoms with Crippen molar-refractivity contribution in [2.75, 3.05) is 13.2 Å². The molecule has 0 spiro atoms. The lowest BCUT2D eigenvalue weighted by molar-refractivity contribution is -0.387. The fraction of sp³-hybridized carbons (Fsp3) is 0.417. The Balaban J connectivity index is 2.47. The molecule has 0 radical (unpaired) electrons. The van der Waals surface area contributed by atoms with Gasteiger partial charge in [-0.05, 0) is 12.1 Å². The van der Waals surface area contributed by atoms with Gasteiger partial charge in [-0.25, -0.2) is 6.57 Å². The number of hydrogen-bond donors (Lipinski definition) is 0. The van der Waals surface area contributed by atoms with E-state index in [1.54, 1.807) is 0 Å². The van der Waals surface area contributed by atoms with Crippen LogP contribution in [0.5, 0.6) is 0 Å². The van der Waals surface area contributed by atoms with E-state index in [4.69, 9.17) is 11.3 Å². The van der Waals surface area contributed by atoms with E-state index in [0.29, 0.717) is 31.6 Å². The summed E-state index contributed by atoms with van der Waals surface area (Å²) in [5, 5.41) is 10.7. The van der Waals surface area contributed by atoms with Crippen molar-refractivity contribution < 1.29 is 14.1 Å². The predicted molar refractivity (Wildman–Crippen MR) is 61.4 cm³/mol. The Morgan fingerprint density at radius 3 is 2.67 bits per heavy atom. The summed E-state index contributed by atoms with van der Waals surface area (Å²) in [6.07, 6.45) is 0.943. The predicted octanol–water partition coefficient (Wildman–Crippen LogP) is 2.66. The first-order chi connectivity index (χ1) is 8.59. The highest BCUT2D eigenvalue weighted by molar-refractivity contribution is 5.41. The summed E-state index contributed by atoms with van der Waals surface area (Å²) in [6.45, 7) is 8.20. The first-order valence-electron chi connectivity index (χ1n) is 5.50. The largest absolute Gasteiger partial charge is 0.381 e. The first kappa shape index (κ1) is 12.5. The van der Waals surface area contributed by atoms with Crippen molar-refractivity contribution in [1.82, 2.24) is 0 Å². The number of benzene rings is 1. The highest BCUT2D eigenvalue weighted by Crippen LogP contribution is 2.38. The van der Waals surface area contributed by atoms with E-state index in [-0.39, 0.29) is 0 Å². The highest BCUT2D eigenvalue weighted by atomic mass is 19.1. The maximum absolute atomic E-state index is 13.3. The van der Waals surface area contributed by atoms with E-state index >= 15 is 0 Å². The number of halogens is 1. The van der Waals surface area contributed by atoms with Gasteiger partial charge in [0, 0.05) is 11.6 Å². The number of nitrogens with zero attached hydrogens (tertiary/aromatic N) is 2. The summed E-state index contributed by atoms with van der Waals surface area (Å²) in [4.78, 5) is 13.5. The van der Waals surface area contributed by atoms with Gasteiger partial charge in [0.1, 0.15) is 0 Å². The van der Waals surface area contributed by atoms with Crippen molar-refractivity contribution in [3.63, 3.8) is 0 Å². The lowest BCUT2D eigenvalue weighted by atomic mass is 9.83. The van der Waals surface area contributed by atoms with E-state index in [0.717, 1.165) is 6.07 Å². The monoisotopic (exact) mass is 250 g/mol. The molecule has 2 rings (SSSR count). The number of hydrogen-bond acceptors (Lipinski definition) is 3. The second kappa shape index (κ2) is 4.70. The minimum absolute atomic E-state index is 0.438. The quantitative estimate of drug-likeness (QED) is 0.460. The van der Waals surface area contributed by atoms with E-state index in [2.05, 4.69) is 4.85 Å². The van der Waals surface area contributed by atoms with Gasteiger partial charge in [-0.2, -0.15) is 4.39 Å². The Labute approximate surface area is 103 Å². The van der Waals surface area contributed by atoms with Crippen LogP contribution < -0.4 is 0 Å². The van der Waals surface area contributed by atoms with E-state index in [1.807, 2.05) is 0 Å². The van der Waals surface area contributed by atoms with Gasteiger partial charge in [0.2, 0.25) is 5.82 Å². The van der Waals surface area contributed by atoms with Crippen molar-refractivity contribution >= 4 is 5.69 Å². The van der Waals surface area contributed by atoms with Crippen LogP contribution in [0.2, 0.25) is 0 Å². The van der Waals surface area contributed by atoms with Gasteiger partial charge in [-0.15, -0.1) is 0 Å². The smallest absolute Gasteiger partial charge is 0.305 e. The molecule has 1 aliphatic rings.